The first-order chi connectivity index (χ1) is 32.4. The number of benzene rings is 9. The quantitative estimate of drug-likeness (QED) is 0.158. The lowest BCUT2D eigenvalue weighted by Crippen LogP contribution is -2.73. The minimum Gasteiger partial charge on any atom is -0.311 e. The van der Waals surface area contributed by atoms with Gasteiger partial charge in [0.25, 0.3) is 0 Å². The van der Waals surface area contributed by atoms with Crippen LogP contribution in [0.1, 0.15) is 58.2 Å². The smallest absolute Gasteiger partial charge is 0.249 e. The molecule has 12 rings (SSSR count). The van der Waals surface area contributed by atoms with Crippen molar-refractivity contribution in [3.8, 4) is 33.4 Å². The zero-order chi connectivity index (χ0) is 45.8. The molecule has 0 amide bonds. The molecule has 1 nitrogen and oxygen atoms in total. The summed E-state index contributed by atoms with van der Waals surface area (Å²) in [5.41, 5.74) is 19.5. The second kappa shape index (κ2) is 15.5. The second-order valence-electron chi connectivity index (χ2n) is 21.0. The maximum Gasteiger partial charge on any atom is 0.249 e. The number of hydrogen-bond donors (Lipinski definition) is 0. The van der Waals surface area contributed by atoms with Crippen molar-refractivity contribution < 1.29 is 0 Å². The number of anilines is 3. The lowest BCUT2D eigenvalue weighted by Gasteiger charge is -2.42. The van der Waals surface area contributed by atoms with Gasteiger partial charge in [-0.3, -0.25) is 0 Å². The molecule has 0 bridgehead atoms. The van der Waals surface area contributed by atoms with E-state index < -0.39 is 8.07 Å². The third-order valence-corrected chi connectivity index (χ3v) is 20.7. The fraction of sp³-hybridized carbons (Fsp3) is 0.143. The van der Waals surface area contributed by atoms with Crippen LogP contribution in [0.3, 0.4) is 0 Å². The highest BCUT2D eigenvalue weighted by Gasteiger charge is 2.51. The van der Waals surface area contributed by atoms with E-state index in [1.807, 2.05) is 11.8 Å². The summed E-state index contributed by atoms with van der Waals surface area (Å²) < 4.78 is 0. The molecule has 3 aliphatic rings. The Morgan fingerprint density at radius 2 is 1.03 bits per heavy atom. The van der Waals surface area contributed by atoms with E-state index in [4.69, 9.17) is 0 Å². The molecule has 0 saturated carbocycles. The predicted octanol–water partition coefficient (Wildman–Crippen LogP) is 12.0. The van der Waals surface area contributed by atoms with Crippen molar-refractivity contribution in [2.24, 2.45) is 0 Å². The van der Waals surface area contributed by atoms with E-state index in [0.717, 1.165) is 0 Å². The van der Waals surface area contributed by atoms with Gasteiger partial charge >= 0.3 is 0 Å². The van der Waals surface area contributed by atoms with Gasteiger partial charge in [0.05, 0.1) is 5.69 Å². The van der Waals surface area contributed by atoms with Gasteiger partial charge in [-0.2, -0.15) is 0 Å². The first-order valence-electron chi connectivity index (χ1n) is 23.9. The molecule has 3 aliphatic heterocycles. The number of hydrogen-bond acceptors (Lipinski definition) is 2. The first-order valence-corrected chi connectivity index (χ1v) is 26.7. The molecule has 4 heteroatoms. The summed E-state index contributed by atoms with van der Waals surface area (Å²) in [5, 5.41) is 5.79. The lowest BCUT2D eigenvalue weighted by atomic mass is 9.34. The summed E-state index contributed by atoms with van der Waals surface area (Å²) in [6.07, 6.45) is 0. The number of aryl methyl sites for hydroxylation is 1. The van der Waals surface area contributed by atoms with E-state index in [0.29, 0.717) is 0 Å². The molecular formula is C63H54BNSSi. The Hall–Kier alpha value is -6.59. The van der Waals surface area contributed by atoms with Gasteiger partial charge < -0.3 is 4.90 Å². The van der Waals surface area contributed by atoms with Crippen LogP contribution < -0.4 is 42.0 Å². The van der Waals surface area contributed by atoms with Crippen LogP contribution in [0.4, 0.5) is 17.1 Å². The van der Waals surface area contributed by atoms with Crippen LogP contribution in [0, 0.1) is 6.92 Å². The van der Waals surface area contributed by atoms with Gasteiger partial charge in [-0.05, 0) is 136 Å². The van der Waals surface area contributed by atoms with E-state index >= 15 is 0 Å². The van der Waals surface area contributed by atoms with Crippen molar-refractivity contribution >= 4 is 80.7 Å². The van der Waals surface area contributed by atoms with E-state index in [9.17, 15) is 0 Å². The SMILES string of the molecule is Cc1cc2c3c(c1)N(c1ccc(C(C)(C)C)cc1-c1cccc(-c4ccccc4)c1)c1cc4c(cc1B3c1ccc(C(C)(C)C)cc1S2)[Si](c1ccccc1)(c1ccccc1)c1ccccc1-4. The van der Waals surface area contributed by atoms with Crippen molar-refractivity contribution in [1.82, 2.24) is 0 Å². The molecular weight excluding hydrogens is 842 g/mol. The normalized spacial score (nSPS) is 14.2. The van der Waals surface area contributed by atoms with Gasteiger partial charge in [0.1, 0.15) is 0 Å². The van der Waals surface area contributed by atoms with E-state index in [1.54, 1.807) is 0 Å². The molecule has 3 heterocycles. The summed E-state index contributed by atoms with van der Waals surface area (Å²) in [6, 6.07) is 77.2. The summed E-state index contributed by atoms with van der Waals surface area (Å²) in [4.78, 5) is 5.39. The molecule has 67 heavy (non-hydrogen) atoms. The van der Waals surface area contributed by atoms with Gasteiger partial charge in [0.15, 0.2) is 8.07 Å². The maximum absolute atomic E-state index is 2.80. The molecule has 0 atom stereocenters. The minimum absolute atomic E-state index is 0.0332. The Bertz CT molecular complexity index is 3380. The monoisotopic (exact) mass is 895 g/mol. The largest absolute Gasteiger partial charge is 0.311 e. The van der Waals surface area contributed by atoms with E-state index in [2.05, 4.69) is 254 Å². The fourth-order valence-corrected chi connectivity index (χ4v) is 18.0. The van der Waals surface area contributed by atoms with Crippen LogP contribution in [0.2, 0.25) is 0 Å². The number of fused-ring (bicyclic) bond motifs is 7. The Labute approximate surface area is 402 Å². The highest BCUT2D eigenvalue weighted by molar-refractivity contribution is 8.00. The van der Waals surface area contributed by atoms with Crippen LogP contribution in [0.15, 0.2) is 210 Å². The molecule has 9 aromatic rings. The zero-order valence-corrected chi connectivity index (χ0v) is 41.3. The van der Waals surface area contributed by atoms with Gasteiger partial charge in [-0.15, -0.1) is 0 Å². The van der Waals surface area contributed by atoms with E-state index in [1.165, 1.54) is 114 Å². The standard InChI is InChI=1S/C63H54BNSSi/c1-41-34-56-61-58(35-41)66-57-38-46(63(5,6)7)30-32-52(57)64(61)53-40-60-51(49-28-17-18-29-59(49)67(60,47-24-13-9-14-25-47)48-26-15-10-16-27-48)39-55(53)65(56)54-33-31-45(62(2,3)4)37-50(54)44-23-19-22-43(36-44)42-20-11-8-12-21-42/h8-40H,1-7H3. The highest BCUT2D eigenvalue weighted by Crippen LogP contribution is 2.48. The molecule has 324 valence electrons. The summed E-state index contributed by atoms with van der Waals surface area (Å²) >= 11 is 1.96. The molecule has 0 radical (unpaired) electrons. The van der Waals surface area contributed by atoms with Crippen LogP contribution in [0.5, 0.6) is 0 Å². The second-order valence-corrected chi connectivity index (χ2v) is 25.8. The van der Waals surface area contributed by atoms with Crippen LogP contribution >= 0.6 is 11.8 Å². The summed E-state index contributed by atoms with van der Waals surface area (Å²) in [5.74, 6) is 0. The topological polar surface area (TPSA) is 3.24 Å². The highest BCUT2D eigenvalue weighted by atomic mass is 32.2. The van der Waals surface area contributed by atoms with Gasteiger partial charge in [0.2, 0.25) is 6.71 Å². The number of nitrogens with zero attached hydrogens (tertiary/aromatic N) is 1. The Morgan fingerprint density at radius 3 is 1.73 bits per heavy atom. The average molecular weight is 896 g/mol. The van der Waals surface area contributed by atoms with Gasteiger partial charge in [-0.1, -0.05) is 216 Å². The minimum atomic E-state index is -2.80. The Morgan fingerprint density at radius 1 is 0.418 bits per heavy atom. The molecule has 9 aromatic carbocycles. The average Bonchev–Trinajstić information content (AvgIpc) is 3.63. The van der Waals surface area contributed by atoms with E-state index in [-0.39, 0.29) is 17.5 Å². The van der Waals surface area contributed by atoms with Crippen molar-refractivity contribution in [2.45, 2.75) is 69.1 Å². The lowest BCUT2D eigenvalue weighted by molar-refractivity contribution is 0.589. The molecule has 0 spiro atoms. The fourth-order valence-electron chi connectivity index (χ4n) is 11.5. The van der Waals surface area contributed by atoms with Crippen molar-refractivity contribution in [3.63, 3.8) is 0 Å². The molecule has 0 N–H and O–H groups in total. The Balaban J connectivity index is 1.20. The van der Waals surface area contributed by atoms with Crippen molar-refractivity contribution in [1.29, 1.82) is 0 Å². The van der Waals surface area contributed by atoms with Crippen LogP contribution in [-0.4, -0.2) is 14.8 Å². The van der Waals surface area contributed by atoms with Crippen molar-refractivity contribution in [3.05, 3.63) is 217 Å². The molecule has 0 saturated heterocycles. The molecule has 0 unspecified atom stereocenters. The molecule has 0 aromatic heterocycles. The predicted molar refractivity (Wildman–Crippen MR) is 292 cm³/mol. The number of rotatable bonds is 5. The third-order valence-electron chi connectivity index (χ3n) is 14.7. The van der Waals surface area contributed by atoms with Crippen LogP contribution in [-0.2, 0) is 10.8 Å². The van der Waals surface area contributed by atoms with Crippen LogP contribution in [0.25, 0.3) is 33.4 Å². The maximum atomic E-state index is 2.71. The summed E-state index contributed by atoms with van der Waals surface area (Å²) in [6.45, 7) is 16.3. The molecule has 0 fully saturated rings. The third kappa shape index (κ3) is 6.59. The zero-order valence-electron chi connectivity index (χ0n) is 39.5. The van der Waals surface area contributed by atoms with Gasteiger partial charge in [-0.25, -0.2) is 0 Å². The van der Waals surface area contributed by atoms with Crippen molar-refractivity contribution in [2.75, 3.05) is 4.90 Å². The Kier molecular flexibility index (Phi) is 9.66. The van der Waals surface area contributed by atoms with Gasteiger partial charge in [0, 0.05) is 26.7 Å². The first kappa shape index (κ1) is 41.8. The molecule has 0 aliphatic carbocycles. The summed E-state index contributed by atoms with van der Waals surface area (Å²) in [7, 11) is -2.80.